The number of rotatable bonds is 1. The van der Waals surface area contributed by atoms with Gasteiger partial charge in [0.1, 0.15) is 0 Å². The molecule has 0 spiro atoms. The molecule has 0 unspecified atom stereocenters. The average molecular weight is 297 g/mol. The molecule has 1 aromatic rings. The van der Waals surface area contributed by atoms with Gasteiger partial charge in [-0.3, -0.25) is 0 Å². The minimum absolute atomic E-state index is 0.890. The zero-order chi connectivity index (χ0) is 7.82. The van der Waals surface area contributed by atoms with Crippen molar-refractivity contribution in [2.45, 2.75) is 6.42 Å². The van der Waals surface area contributed by atoms with Crippen molar-refractivity contribution in [2.24, 2.45) is 0 Å². The molecule has 0 saturated carbocycles. The van der Waals surface area contributed by atoms with E-state index >= 15 is 0 Å². The van der Waals surface area contributed by atoms with Crippen molar-refractivity contribution in [1.82, 2.24) is 0 Å². The van der Waals surface area contributed by atoms with Gasteiger partial charge in [-0.15, -0.1) is 0 Å². The van der Waals surface area contributed by atoms with Crippen LogP contribution >= 0.6 is 19.8 Å². The van der Waals surface area contributed by atoms with Crippen LogP contribution in [0.25, 0.3) is 0 Å². The van der Waals surface area contributed by atoms with Crippen LogP contribution in [-0.4, -0.2) is 0 Å². The van der Waals surface area contributed by atoms with E-state index in [2.05, 4.69) is 38.8 Å². The van der Waals surface area contributed by atoms with Crippen LogP contribution in [0.2, 0.25) is 0 Å². The van der Waals surface area contributed by atoms with Crippen molar-refractivity contribution in [1.29, 1.82) is 0 Å². The fourth-order valence-corrected chi connectivity index (χ4v) is 0.645. The third-order valence-electron chi connectivity index (χ3n) is 1.13. The SMILES string of the molecule is [CH2-]Cc1ccccc1.[Zn+][I]. The van der Waals surface area contributed by atoms with Gasteiger partial charge in [-0.05, 0) is 0 Å². The Morgan fingerprint density at radius 1 is 1.20 bits per heavy atom. The Labute approximate surface area is 83.3 Å². The second kappa shape index (κ2) is 7.68. The summed E-state index contributed by atoms with van der Waals surface area (Å²) in [6.07, 6.45) is 0.890. The van der Waals surface area contributed by atoms with E-state index in [0.29, 0.717) is 0 Å². The molecular weight excluding hydrogens is 288 g/mol. The molecule has 0 aliphatic heterocycles. The van der Waals surface area contributed by atoms with Crippen LogP contribution in [0.3, 0.4) is 0 Å². The quantitative estimate of drug-likeness (QED) is 0.425. The predicted molar refractivity (Wildman–Crippen MR) is 49.5 cm³/mol. The van der Waals surface area contributed by atoms with Gasteiger partial charge in [-0.2, -0.15) is 6.42 Å². The number of halogens is 1. The van der Waals surface area contributed by atoms with Crippen molar-refractivity contribution in [3.63, 3.8) is 0 Å². The standard InChI is InChI=1S/C8H9.HI.Zn/c1-2-8-6-4-3-5-7-8;;/h3-7H,1-2H2;1H;/q-1;;+2/p-1. The van der Waals surface area contributed by atoms with Crippen molar-refractivity contribution in [2.75, 3.05) is 0 Å². The minimum atomic E-state index is 0.890. The first-order chi connectivity index (χ1) is 4.93. The first-order valence-electron chi connectivity index (χ1n) is 3.03. The summed E-state index contributed by atoms with van der Waals surface area (Å²) < 4.78 is 0. The van der Waals surface area contributed by atoms with E-state index in [-0.39, 0.29) is 0 Å². The van der Waals surface area contributed by atoms with Crippen LogP contribution in [0.15, 0.2) is 30.3 Å². The molecule has 2 heteroatoms. The molecule has 0 aliphatic rings. The summed E-state index contributed by atoms with van der Waals surface area (Å²) in [7, 11) is 0. The Morgan fingerprint density at radius 2 is 1.70 bits per heavy atom. The van der Waals surface area contributed by atoms with Crippen molar-refractivity contribution in [3.8, 4) is 0 Å². The molecule has 0 radical (unpaired) electrons. The van der Waals surface area contributed by atoms with Crippen molar-refractivity contribution >= 4 is 19.8 Å². The third kappa shape index (κ3) is 4.40. The van der Waals surface area contributed by atoms with E-state index in [1.165, 1.54) is 20.4 Å². The summed E-state index contributed by atoms with van der Waals surface area (Å²) >= 11 is 3.62. The fraction of sp³-hybridized carbons (Fsp3) is 0.125. The average Bonchev–Trinajstić information content (AvgIpc) is 2.10. The normalized spacial score (nSPS) is 8.00. The third-order valence-corrected chi connectivity index (χ3v) is 1.13. The first kappa shape index (κ1) is 10.6. The van der Waals surface area contributed by atoms with Gasteiger partial charge in [-0.1, -0.05) is 35.9 Å². The summed E-state index contributed by atoms with van der Waals surface area (Å²) in [5.74, 6) is 0. The fourth-order valence-electron chi connectivity index (χ4n) is 0.645. The van der Waals surface area contributed by atoms with Gasteiger partial charge in [0.05, 0.1) is 0 Å². The molecule has 0 bridgehead atoms. The maximum absolute atomic E-state index is 3.76. The van der Waals surface area contributed by atoms with E-state index in [1.807, 2.05) is 18.2 Å². The summed E-state index contributed by atoms with van der Waals surface area (Å²) in [5, 5.41) is 0. The van der Waals surface area contributed by atoms with Crippen LogP contribution in [0.5, 0.6) is 0 Å². The predicted octanol–water partition coefficient (Wildman–Crippen LogP) is 2.95. The molecule has 1 rings (SSSR count). The summed E-state index contributed by atoms with van der Waals surface area (Å²) in [6.45, 7) is 3.76. The Hall–Kier alpha value is 0.573. The van der Waals surface area contributed by atoms with Crippen LogP contribution in [0.1, 0.15) is 5.56 Å². The van der Waals surface area contributed by atoms with E-state index in [1.54, 1.807) is 0 Å². The molecule has 0 nitrogen and oxygen atoms in total. The Morgan fingerprint density at radius 3 is 2.00 bits per heavy atom. The van der Waals surface area contributed by atoms with Crippen LogP contribution < -0.4 is 0 Å². The molecular formula is C8H9IZn. The van der Waals surface area contributed by atoms with Gasteiger partial charge >= 0.3 is 34.5 Å². The van der Waals surface area contributed by atoms with E-state index in [0.717, 1.165) is 6.42 Å². The second-order valence-corrected chi connectivity index (χ2v) is 1.74. The van der Waals surface area contributed by atoms with E-state index < -0.39 is 0 Å². The van der Waals surface area contributed by atoms with Gasteiger partial charge in [0.15, 0.2) is 0 Å². The van der Waals surface area contributed by atoms with Crippen LogP contribution in [-0.2, 0) is 21.2 Å². The van der Waals surface area contributed by atoms with Crippen molar-refractivity contribution in [3.05, 3.63) is 42.8 Å². The topological polar surface area (TPSA) is 0 Å². The number of hydrogen-bond donors (Lipinski definition) is 0. The number of benzene rings is 1. The molecule has 0 atom stereocenters. The first-order valence-corrected chi connectivity index (χ1v) is 12.1. The molecule has 0 saturated heterocycles. The molecule has 0 fully saturated rings. The zero-order valence-corrected chi connectivity index (χ0v) is 11.0. The Bertz CT molecular complexity index is 151. The summed E-state index contributed by atoms with van der Waals surface area (Å²) in [5.41, 5.74) is 1.30. The molecule has 10 heavy (non-hydrogen) atoms. The molecule has 1 aromatic carbocycles. The summed E-state index contributed by atoms with van der Waals surface area (Å²) in [6, 6.07) is 10.2. The molecule has 0 aliphatic carbocycles. The van der Waals surface area contributed by atoms with E-state index in [9.17, 15) is 0 Å². The molecule has 0 heterocycles. The number of hydrogen-bond acceptors (Lipinski definition) is 0. The van der Waals surface area contributed by atoms with Gasteiger partial charge in [0, 0.05) is 0 Å². The van der Waals surface area contributed by atoms with Gasteiger partial charge in [0.2, 0.25) is 0 Å². The second-order valence-electron chi connectivity index (χ2n) is 1.74. The molecule has 0 N–H and O–H groups in total. The summed E-state index contributed by atoms with van der Waals surface area (Å²) in [4.78, 5) is 0. The van der Waals surface area contributed by atoms with Gasteiger partial charge in [-0.25, -0.2) is 0 Å². The monoisotopic (exact) mass is 296 g/mol. The Kier molecular flexibility index (Phi) is 8.12. The van der Waals surface area contributed by atoms with Crippen LogP contribution in [0.4, 0.5) is 0 Å². The van der Waals surface area contributed by atoms with Gasteiger partial charge in [0.25, 0.3) is 0 Å². The Balaban J connectivity index is 0.000000371. The molecule has 50 valence electrons. The molecule has 0 amide bonds. The zero-order valence-electron chi connectivity index (χ0n) is 5.89. The maximum atomic E-state index is 3.76. The van der Waals surface area contributed by atoms with Gasteiger partial charge < -0.3 is 6.92 Å². The van der Waals surface area contributed by atoms with Crippen molar-refractivity contribution < 1.29 is 14.8 Å². The molecule has 0 aromatic heterocycles. The van der Waals surface area contributed by atoms with E-state index in [4.69, 9.17) is 0 Å². The van der Waals surface area contributed by atoms with Crippen LogP contribution in [0, 0.1) is 6.92 Å².